The number of nitrogens with one attached hydrogen (secondary N) is 2. The summed E-state index contributed by atoms with van der Waals surface area (Å²) < 4.78 is 5.03. The second kappa shape index (κ2) is 9.44. The average molecular weight is 367 g/mol. The minimum atomic E-state index is -0.241. The van der Waals surface area contributed by atoms with Crippen molar-refractivity contribution in [3.63, 3.8) is 0 Å². The second-order valence-corrected chi connectivity index (χ2v) is 7.94. The molecule has 0 aromatic rings. The molecule has 7 nitrogen and oxygen atoms in total. The van der Waals surface area contributed by atoms with Crippen LogP contribution in [0.5, 0.6) is 0 Å². The van der Waals surface area contributed by atoms with Crippen LogP contribution in [0.3, 0.4) is 0 Å². The fourth-order valence-corrected chi connectivity index (χ4v) is 3.84. The summed E-state index contributed by atoms with van der Waals surface area (Å²) >= 11 is 0. The molecule has 0 bridgehead atoms. The average Bonchev–Trinajstić information content (AvgIpc) is 3.47. The molecule has 2 heterocycles. The van der Waals surface area contributed by atoms with E-state index in [0.717, 1.165) is 51.2 Å². The maximum atomic E-state index is 12.5. The number of carbonyl (C=O) groups is 2. The van der Waals surface area contributed by atoms with E-state index in [0.29, 0.717) is 25.6 Å². The molecule has 1 aliphatic carbocycles. The van der Waals surface area contributed by atoms with E-state index in [2.05, 4.69) is 10.6 Å². The lowest BCUT2D eigenvalue weighted by atomic mass is 9.97. The van der Waals surface area contributed by atoms with Crippen molar-refractivity contribution in [2.45, 2.75) is 51.5 Å². The highest BCUT2D eigenvalue weighted by atomic mass is 16.6. The van der Waals surface area contributed by atoms with Gasteiger partial charge in [-0.3, -0.25) is 0 Å². The summed E-state index contributed by atoms with van der Waals surface area (Å²) in [6, 6.07) is 0.218. The second-order valence-electron chi connectivity index (χ2n) is 7.94. The van der Waals surface area contributed by atoms with Gasteiger partial charge in [-0.15, -0.1) is 0 Å². The molecular weight excluding hydrogens is 332 g/mol. The van der Waals surface area contributed by atoms with Gasteiger partial charge in [0.1, 0.15) is 0 Å². The minimum absolute atomic E-state index is 0.0592. The van der Waals surface area contributed by atoms with Crippen LogP contribution in [-0.2, 0) is 4.74 Å². The van der Waals surface area contributed by atoms with E-state index in [1.807, 2.05) is 11.8 Å². The van der Waals surface area contributed by atoms with Crippen molar-refractivity contribution in [3.8, 4) is 0 Å². The zero-order valence-corrected chi connectivity index (χ0v) is 16.0. The monoisotopic (exact) mass is 366 g/mol. The summed E-state index contributed by atoms with van der Waals surface area (Å²) in [7, 11) is 0. The van der Waals surface area contributed by atoms with Gasteiger partial charge in [-0.2, -0.15) is 0 Å². The predicted octanol–water partition coefficient (Wildman–Crippen LogP) is 2.03. The number of carbonyl (C=O) groups excluding carboxylic acids is 2. The molecule has 3 amide bonds. The van der Waals surface area contributed by atoms with Crippen molar-refractivity contribution in [3.05, 3.63) is 0 Å². The first-order valence-corrected chi connectivity index (χ1v) is 10.3. The zero-order valence-electron chi connectivity index (χ0n) is 16.0. The molecule has 0 unspecified atom stereocenters. The number of rotatable bonds is 6. The number of hydrogen-bond acceptors (Lipinski definition) is 4. The van der Waals surface area contributed by atoms with Gasteiger partial charge in [0.15, 0.2) is 0 Å². The van der Waals surface area contributed by atoms with Crippen LogP contribution in [0.25, 0.3) is 0 Å². The zero-order chi connectivity index (χ0) is 18.4. The Hall–Kier alpha value is -1.50. The van der Waals surface area contributed by atoms with E-state index in [1.54, 1.807) is 4.90 Å². The highest BCUT2D eigenvalue weighted by Gasteiger charge is 2.28. The summed E-state index contributed by atoms with van der Waals surface area (Å²) in [5.41, 5.74) is 0. The molecule has 2 N–H and O–H groups in total. The largest absolute Gasteiger partial charge is 0.450 e. The lowest BCUT2D eigenvalue weighted by Crippen LogP contribution is -2.52. The Balaban J connectivity index is 1.30. The first-order chi connectivity index (χ1) is 12.7. The molecule has 0 spiro atoms. The van der Waals surface area contributed by atoms with Crippen LogP contribution in [0.2, 0.25) is 0 Å². The summed E-state index contributed by atoms with van der Waals surface area (Å²) in [5.74, 6) is 1.63. The van der Waals surface area contributed by atoms with Crippen molar-refractivity contribution in [2.24, 2.45) is 11.8 Å². The summed E-state index contributed by atoms with van der Waals surface area (Å²) in [4.78, 5) is 27.9. The Bertz CT molecular complexity index is 467. The lowest BCUT2D eigenvalue weighted by Gasteiger charge is -2.35. The van der Waals surface area contributed by atoms with E-state index in [1.165, 1.54) is 19.4 Å². The van der Waals surface area contributed by atoms with Crippen LogP contribution in [0.15, 0.2) is 0 Å². The number of urea groups is 1. The Morgan fingerprint density at radius 1 is 0.885 bits per heavy atom. The van der Waals surface area contributed by atoms with Gasteiger partial charge in [-0.05, 0) is 70.4 Å². The molecule has 0 radical (unpaired) electrons. The Kier molecular flexibility index (Phi) is 7.00. The highest BCUT2D eigenvalue weighted by molar-refractivity contribution is 5.74. The third-order valence-corrected chi connectivity index (χ3v) is 5.81. The third-order valence-electron chi connectivity index (χ3n) is 5.81. The minimum Gasteiger partial charge on any atom is -0.450 e. The Labute approximate surface area is 156 Å². The molecule has 148 valence electrons. The van der Waals surface area contributed by atoms with E-state index >= 15 is 0 Å². The molecule has 3 rings (SSSR count). The normalized spacial score (nSPS) is 22.3. The van der Waals surface area contributed by atoms with Gasteiger partial charge in [-0.1, -0.05) is 0 Å². The maximum Gasteiger partial charge on any atom is 0.409 e. The van der Waals surface area contributed by atoms with Gasteiger partial charge in [0.05, 0.1) is 6.61 Å². The summed E-state index contributed by atoms with van der Waals surface area (Å²) in [6.07, 6.45) is 6.32. The van der Waals surface area contributed by atoms with E-state index < -0.39 is 0 Å². The Morgan fingerprint density at radius 3 is 2.04 bits per heavy atom. The van der Waals surface area contributed by atoms with Crippen LogP contribution in [0.4, 0.5) is 9.59 Å². The molecule has 26 heavy (non-hydrogen) atoms. The molecule has 2 saturated heterocycles. The van der Waals surface area contributed by atoms with Gasteiger partial charge in [0.2, 0.25) is 0 Å². The smallest absolute Gasteiger partial charge is 0.409 e. The number of amides is 3. The van der Waals surface area contributed by atoms with Crippen LogP contribution < -0.4 is 10.6 Å². The molecule has 1 saturated carbocycles. The fraction of sp³-hybridized carbons (Fsp3) is 0.895. The van der Waals surface area contributed by atoms with Crippen LogP contribution in [0, 0.1) is 11.8 Å². The standard InChI is InChI=1S/C19H34N4O3/c1-2-26-19(25)23-11-7-17(8-12-23)21-18(24)22-9-5-16(6-10-22)14-20-13-15-3-4-15/h15-17,20H,2-14H2,1H3,(H,21,24). The van der Waals surface area contributed by atoms with Crippen molar-refractivity contribution in [1.82, 2.24) is 20.4 Å². The van der Waals surface area contributed by atoms with Crippen molar-refractivity contribution in [2.75, 3.05) is 45.9 Å². The van der Waals surface area contributed by atoms with Crippen molar-refractivity contribution < 1.29 is 14.3 Å². The third kappa shape index (κ3) is 5.76. The van der Waals surface area contributed by atoms with Crippen LogP contribution in [-0.4, -0.2) is 73.8 Å². The summed E-state index contributed by atoms with van der Waals surface area (Å²) in [5, 5.41) is 6.74. The number of ether oxygens (including phenoxy) is 1. The highest BCUT2D eigenvalue weighted by Crippen LogP contribution is 2.27. The van der Waals surface area contributed by atoms with Gasteiger partial charge in [0.25, 0.3) is 0 Å². The van der Waals surface area contributed by atoms with E-state index in [9.17, 15) is 9.59 Å². The summed E-state index contributed by atoms with van der Waals surface area (Å²) in [6.45, 7) is 7.49. The van der Waals surface area contributed by atoms with Gasteiger partial charge in [-0.25, -0.2) is 9.59 Å². The maximum absolute atomic E-state index is 12.5. The topological polar surface area (TPSA) is 73.9 Å². The molecule has 0 atom stereocenters. The number of piperidine rings is 2. The van der Waals surface area contributed by atoms with Crippen molar-refractivity contribution >= 4 is 12.1 Å². The predicted molar refractivity (Wildman–Crippen MR) is 100 cm³/mol. The Morgan fingerprint density at radius 2 is 1.46 bits per heavy atom. The van der Waals surface area contributed by atoms with Crippen molar-refractivity contribution in [1.29, 1.82) is 0 Å². The fourth-order valence-electron chi connectivity index (χ4n) is 3.84. The van der Waals surface area contributed by atoms with E-state index in [-0.39, 0.29) is 18.2 Å². The van der Waals surface area contributed by atoms with Crippen LogP contribution in [0.1, 0.15) is 45.4 Å². The van der Waals surface area contributed by atoms with Gasteiger partial charge >= 0.3 is 12.1 Å². The number of likely N-dealkylation sites (tertiary alicyclic amines) is 2. The molecule has 0 aromatic carbocycles. The molecular formula is C19H34N4O3. The molecule has 3 aliphatic rings. The first kappa shape index (κ1) is 19.3. The first-order valence-electron chi connectivity index (χ1n) is 10.3. The van der Waals surface area contributed by atoms with Gasteiger partial charge < -0.3 is 25.2 Å². The number of hydrogen-bond donors (Lipinski definition) is 2. The van der Waals surface area contributed by atoms with E-state index in [4.69, 9.17) is 4.74 Å². The molecule has 2 aliphatic heterocycles. The quantitative estimate of drug-likeness (QED) is 0.754. The number of nitrogens with zero attached hydrogens (tertiary/aromatic N) is 2. The van der Waals surface area contributed by atoms with Gasteiger partial charge in [0, 0.05) is 32.2 Å². The SMILES string of the molecule is CCOC(=O)N1CCC(NC(=O)N2CCC(CNCC3CC3)CC2)CC1. The van der Waals surface area contributed by atoms with Crippen LogP contribution >= 0.6 is 0 Å². The molecule has 0 aromatic heterocycles. The lowest BCUT2D eigenvalue weighted by molar-refractivity contribution is 0.0947. The molecule has 7 heteroatoms. The molecule has 3 fully saturated rings.